The molecule has 1 amide bonds. The number of rotatable bonds is 4. The summed E-state index contributed by atoms with van der Waals surface area (Å²) in [7, 11) is -3.58. The molecule has 1 aromatic carbocycles. The van der Waals surface area contributed by atoms with E-state index in [-0.39, 0.29) is 23.3 Å². The van der Waals surface area contributed by atoms with Gasteiger partial charge in [0, 0.05) is 19.3 Å². The van der Waals surface area contributed by atoms with Crippen LogP contribution in [0.25, 0.3) is 0 Å². The van der Waals surface area contributed by atoms with Gasteiger partial charge in [-0.15, -0.1) is 0 Å². The molecule has 25 heavy (non-hydrogen) atoms. The van der Waals surface area contributed by atoms with Crippen LogP contribution in [0.2, 0.25) is 0 Å². The summed E-state index contributed by atoms with van der Waals surface area (Å²) in [6.45, 7) is 2.54. The van der Waals surface area contributed by atoms with E-state index in [2.05, 4.69) is 10.3 Å². The molecule has 1 atom stereocenters. The second kappa shape index (κ2) is 7.33. The lowest BCUT2D eigenvalue weighted by molar-refractivity contribution is -0.120. The third kappa shape index (κ3) is 4.05. The molecule has 2 heterocycles. The number of hydrogen-bond donors (Lipinski definition) is 1. The number of nitrogens with zero attached hydrogens (tertiary/aromatic N) is 2. The number of anilines is 1. The molecule has 1 aromatic heterocycles. The van der Waals surface area contributed by atoms with Gasteiger partial charge in [-0.1, -0.05) is 23.8 Å². The standard InChI is InChI=1S/C18H21N3O3S/c1-14-7-9-16(10-8-14)25(23,24)21-12-4-5-15(13-21)18(22)20-17-6-2-3-11-19-17/h2-3,6-11,15H,4-5,12-13H2,1H3,(H,19,20,22)/t15-/m0/s1. The minimum Gasteiger partial charge on any atom is -0.310 e. The number of nitrogens with one attached hydrogen (secondary N) is 1. The molecular weight excluding hydrogens is 338 g/mol. The van der Waals surface area contributed by atoms with Crippen molar-refractivity contribution in [2.75, 3.05) is 18.4 Å². The largest absolute Gasteiger partial charge is 0.310 e. The first kappa shape index (κ1) is 17.6. The zero-order chi connectivity index (χ0) is 17.9. The van der Waals surface area contributed by atoms with E-state index in [9.17, 15) is 13.2 Å². The van der Waals surface area contributed by atoms with Gasteiger partial charge in [0.05, 0.1) is 10.8 Å². The Bertz CT molecular complexity index is 836. The van der Waals surface area contributed by atoms with E-state index in [1.54, 1.807) is 48.7 Å². The van der Waals surface area contributed by atoms with Crippen LogP contribution in [0.1, 0.15) is 18.4 Å². The summed E-state index contributed by atoms with van der Waals surface area (Å²) in [4.78, 5) is 16.8. The summed E-state index contributed by atoms with van der Waals surface area (Å²) in [6.07, 6.45) is 2.93. The molecule has 6 nitrogen and oxygen atoms in total. The molecule has 1 saturated heterocycles. The number of aromatic nitrogens is 1. The first-order valence-electron chi connectivity index (χ1n) is 8.25. The fourth-order valence-corrected chi connectivity index (χ4v) is 4.42. The number of carbonyl (C=O) groups excluding carboxylic acids is 1. The second-order valence-electron chi connectivity index (χ2n) is 6.22. The van der Waals surface area contributed by atoms with E-state index in [4.69, 9.17) is 0 Å². The highest BCUT2D eigenvalue weighted by atomic mass is 32.2. The SMILES string of the molecule is Cc1ccc(S(=O)(=O)N2CCC[C@H](C(=O)Nc3ccccn3)C2)cc1. The average Bonchev–Trinajstić information content (AvgIpc) is 2.63. The lowest BCUT2D eigenvalue weighted by Crippen LogP contribution is -2.43. The van der Waals surface area contributed by atoms with Crippen molar-refractivity contribution in [3.05, 3.63) is 54.2 Å². The van der Waals surface area contributed by atoms with Gasteiger partial charge in [-0.3, -0.25) is 4.79 Å². The maximum atomic E-state index is 12.8. The van der Waals surface area contributed by atoms with Crippen LogP contribution in [-0.4, -0.2) is 36.7 Å². The van der Waals surface area contributed by atoms with E-state index in [1.807, 2.05) is 6.92 Å². The quantitative estimate of drug-likeness (QED) is 0.909. The van der Waals surface area contributed by atoms with Gasteiger partial charge in [-0.25, -0.2) is 13.4 Å². The normalized spacial score (nSPS) is 18.7. The van der Waals surface area contributed by atoms with Crippen LogP contribution >= 0.6 is 0 Å². The molecule has 1 fully saturated rings. The molecule has 1 N–H and O–H groups in total. The number of benzene rings is 1. The van der Waals surface area contributed by atoms with Crippen LogP contribution in [0.15, 0.2) is 53.6 Å². The van der Waals surface area contributed by atoms with E-state index >= 15 is 0 Å². The summed E-state index contributed by atoms with van der Waals surface area (Å²) in [6, 6.07) is 12.1. The summed E-state index contributed by atoms with van der Waals surface area (Å²) in [5.41, 5.74) is 1.00. The van der Waals surface area contributed by atoms with E-state index < -0.39 is 10.0 Å². The summed E-state index contributed by atoms with van der Waals surface area (Å²) in [5.74, 6) is -0.0931. The second-order valence-corrected chi connectivity index (χ2v) is 8.16. The van der Waals surface area contributed by atoms with Gasteiger partial charge in [0.25, 0.3) is 0 Å². The van der Waals surface area contributed by atoms with Gasteiger partial charge >= 0.3 is 0 Å². The number of aryl methyl sites for hydroxylation is 1. The van der Waals surface area contributed by atoms with Crippen LogP contribution < -0.4 is 5.32 Å². The molecule has 0 unspecified atom stereocenters. The molecule has 0 bridgehead atoms. The Morgan fingerprint density at radius 1 is 1.20 bits per heavy atom. The van der Waals surface area contributed by atoms with Crippen molar-refractivity contribution in [3.8, 4) is 0 Å². The van der Waals surface area contributed by atoms with Gasteiger partial charge in [-0.2, -0.15) is 4.31 Å². The molecule has 0 radical (unpaired) electrons. The number of piperidine rings is 1. The van der Waals surface area contributed by atoms with Gasteiger partial charge in [-0.05, 0) is 44.0 Å². The molecule has 1 aliphatic heterocycles. The number of sulfonamides is 1. The highest BCUT2D eigenvalue weighted by Gasteiger charge is 2.33. The zero-order valence-corrected chi connectivity index (χ0v) is 14.9. The number of carbonyl (C=O) groups is 1. The molecule has 1 aliphatic rings. The van der Waals surface area contributed by atoms with Crippen LogP contribution in [0.4, 0.5) is 5.82 Å². The fourth-order valence-electron chi connectivity index (χ4n) is 2.90. The van der Waals surface area contributed by atoms with Crippen LogP contribution in [-0.2, 0) is 14.8 Å². The topological polar surface area (TPSA) is 79.4 Å². The van der Waals surface area contributed by atoms with Gasteiger partial charge in [0.15, 0.2) is 0 Å². The molecule has 3 rings (SSSR count). The highest BCUT2D eigenvalue weighted by Crippen LogP contribution is 2.24. The van der Waals surface area contributed by atoms with Crippen LogP contribution in [0.3, 0.4) is 0 Å². The molecule has 0 spiro atoms. The van der Waals surface area contributed by atoms with Crippen molar-refractivity contribution < 1.29 is 13.2 Å². The molecule has 0 saturated carbocycles. The highest BCUT2D eigenvalue weighted by molar-refractivity contribution is 7.89. The molecule has 0 aliphatic carbocycles. The van der Waals surface area contributed by atoms with E-state index in [1.165, 1.54) is 4.31 Å². The molecule has 7 heteroatoms. The molecule has 2 aromatic rings. The van der Waals surface area contributed by atoms with Crippen molar-refractivity contribution in [1.82, 2.24) is 9.29 Å². The van der Waals surface area contributed by atoms with Crippen LogP contribution in [0, 0.1) is 12.8 Å². The predicted molar refractivity (Wildman–Crippen MR) is 95.5 cm³/mol. The number of amides is 1. The van der Waals surface area contributed by atoms with Gasteiger partial charge in [0.2, 0.25) is 15.9 Å². The maximum Gasteiger partial charge on any atom is 0.243 e. The molecular formula is C18H21N3O3S. The minimum atomic E-state index is -3.58. The predicted octanol–water partition coefficient (Wildman–Crippen LogP) is 2.43. The zero-order valence-electron chi connectivity index (χ0n) is 14.1. The van der Waals surface area contributed by atoms with Crippen molar-refractivity contribution >= 4 is 21.7 Å². The molecule has 132 valence electrons. The average molecular weight is 359 g/mol. The van der Waals surface area contributed by atoms with Crippen molar-refractivity contribution in [3.63, 3.8) is 0 Å². The smallest absolute Gasteiger partial charge is 0.243 e. The van der Waals surface area contributed by atoms with Crippen LogP contribution in [0.5, 0.6) is 0 Å². The lowest BCUT2D eigenvalue weighted by Gasteiger charge is -2.31. The Labute approximate surface area is 147 Å². The Balaban J connectivity index is 1.72. The maximum absolute atomic E-state index is 12.8. The third-order valence-electron chi connectivity index (χ3n) is 4.33. The Morgan fingerprint density at radius 3 is 2.64 bits per heavy atom. The van der Waals surface area contributed by atoms with E-state index in [0.29, 0.717) is 25.2 Å². The van der Waals surface area contributed by atoms with Crippen molar-refractivity contribution in [2.24, 2.45) is 5.92 Å². The summed E-state index contributed by atoms with van der Waals surface area (Å²) >= 11 is 0. The van der Waals surface area contributed by atoms with Crippen molar-refractivity contribution in [2.45, 2.75) is 24.7 Å². The first-order valence-corrected chi connectivity index (χ1v) is 9.69. The van der Waals surface area contributed by atoms with Gasteiger partial charge < -0.3 is 5.32 Å². The Hall–Kier alpha value is -2.25. The summed E-state index contributed by atoms with van der Waals surface area (Å²) in [5, 5.41) is 2.76. The summed E-state index contributed by atoms with van der Waals surface area (Å²) < 4.78 is 27.0. The Kier molecular flexibility index (Phi) is 5.15. The van der Waals surface area contributed by atoms with Crippen molar-refractivity contribution in [1.29, 1.82) is 0 Å². The monoisotopic (exact) mass is 359 g/mol. The first-order chi connectivity index (χ1) is 12.0. The van der Waals surface area contributed by atoms with Gasteiger partial charge in [0.1, 0.15) is 5.82 Å². The number of hydrogen-bond acceptors (Lipinski definition) is 4. The van der Waals surface area contributed by atoms with E-state index in [0.717, 1.165) is 5.56 Å². The lowest BCUT2D eigenvalue weighted by atomic mass is 9.99. The number of pyridine rings is 1. The minimum absolute atomic E-state index is 0.189. The fraction of sp³-hybridized carbons (Fsp3) is 0.333. The Morgan fingerprint density at radius 2 is 1.96 bits per heavy atom. The third-order valence-corrected chi connectivity index (χ3v) is 6.21.